The second-order valence-corrected chi connectivity index (χ2v) is 10.00. The van der Waals surface area contributed by atoms with Crippen LogP contribution in [0.2, 0.25) is 4.34 Å². The Balaban J connectivity index is 2.09. The van der Waals surface area contributed by atoms with Crippen LogP contribution < -0.4 is 4.90 Å². The van der Waals surface area contributed by atoms with E-state index in [1.165, 1.54) is 17.0 Å². The number of para-hydroxylation sites is 1. The highest BCUT2D eigenvalue weighted by Gasteiger charge is 2.36. The van der Waals surface area contributed by atoms with Gasteiger partial charge in [0.25, 0.3) is 15.9 Å². The van der Waals surface area contributed by atoms with E-state index in [4.69, 9.17) is 11.6 Å². The molecule has 0 radical (unpaired) electrons. The van der Waals surface area contributed by atoms with Gasteiger partial charge in [0.2, 0.25) is 0 Å². The molecule has 2 aromatic rings. The van der Waals surface area contributed by atoms with Crippen LogP contribution >= 0.6 is 34.7 Å². The molecule has 26 heavy (non-hydrogen) atoms. The Morgan fingerprint density at radius 1 is 1.15 bits per heavy atom. The predicted octanol–water partition coefficient (Wildman–Crippen LogP) is 3.63. The van der Waals surface area contributed by atoms with Crippen molar-refractivity contribution in [1.82, 2.24) is 4.90 Å². The van der Waals surface area contributed by atoms with Crippen LogP contribution in [0, 0.1) is 0 Å². The first-order chi connectivity index (χ1) is 12.3. The first-order valence-corrected chi connectivity index (χ1v) is 10.8. The monoisotopic (exact) mass is 427 g/mol. The highest BCUT2D eigenvalue weighted by molar-refractivity contribution is 8.19. The van der Waals surface area contributed by atoms with Crippen LogP contribution in [0.15, 0.2) is 62.2 Å². The van der Waals surface area contributed by atoms with Crippen molar-refractivity contribution in [2.75, 3.05) is 19.0 Å². The number of hydrogen-bond donors (Lipinski definition) is 0. The Kier molecular flexibility index (Phi) is 5.42. The number of rotatable bonds is 4. The van der Waals surface area contributed by atoms with Crippen LogP contribution in [0.1, 0.15) is 0 Å². The molecule has 3 rings (SSSR count). The standard InChI is InChI=1S/C16H14ClN3O3S3/c1-19(2)10-12-15(21)20(11-6-4-3-5-7-11)16(24-12)18-26(22,23)14-9-8-13(17)25-14/h3-10H,1-2H3/b12-10+,18-16?. The Hall–Kier alpha value is -1.81. The summed E-state index contributed by atoms with van der Waals surface area (Å²) in [5.41, 5.74) is 0.547. The number of anilines is 1. The molecule has 0 saturated carbocycles. The highest BCUT2D eigenvalue weighted by Crippen LogP contribution is 2.36. The summed E-state index contributed by atoms with van der Waals surface area (Å²) < 4.78 is 29.5. The van der Waals surface area contributed by atoms with E-state index in [2.05, 4.69) is 4.40 Å². The molecule has 0 atom stereocenters. The Morgan fingerprint density at radius 2 is 1.85 bits per heavy atom. The molecule has 1 aromatic carbocycles. The Bertz CT molecular complexity index is 998. The van der Waals surface area contributed by atoms with Crippen molar-refractivity contribution in [3.05, 3.63) is 57.9 Å². The molecule has 1 aliphatic rings. The maximum atomic E-state index is 12.8. The minimum absolute atomic E-state index is 0.0288. The summed E-state index contributed by atoms with van der Waals surface area (Å²) in [4.78, 5) is 16.2. The number of halogens is 1. The average molecular weight is 428 g/mol. The summed E-state index contributed by atoms with van der Waals surface area (Å²) in [7, 11) is -0.403. The normalized spacial score (nSPS) is 18.1. The zero-order valence-corrected chi connectivity index (χ0v) is 17.0. The quantitative estimate of drug-likeness (QED) is 0.697. The van der Waals surface area contributed by atoms with E-state index in [1.54, 1.807) is 49.5 Å². The number of benzene rings is 1. The van der Waals surface area contributed by atoms with Crippen LogP contribution in [0.4, 0.5) is 5.69 Å². The van der Waals surface area contributed by atoms with Gasteiger partial charge >= 0.3 is 0 Å². The first-order valence-electron chi connectivity index (χ1n) is 7.34. The molecule has 1 aromatic heterocycles. The molecular formula is C16H14ClN3O3S3. The van der Waals surface area contributed by atoms with E-state index >= 15 is 0 Å². The van der Waals surface area contributed by atoms with Gasteiger partial charge in [0.15, 0.2) is 5.17 Å². The fraction of sp³-hybridized carbons (Fsp3) is 0.125. The van der Waals surface area contributed by atoms with Crippen molar-refractivity contribution in [2.24, 2.45) is 4.40 Å². The van der Waals surface area contributed by atoms with Crippen molar-refractivity contribution >= 4 is 61.5 Å². The van der Waals surface area contributed by atoms with Gasteiger partial charge in [-0.15, -0.1) is 15.7 Å². The van der Waals surface area contributed by atoms with Gasteiger partial charge in [-0.25, -0.2) is 0 Å². The fourth-order valence-corrected chi connectivity index (χ4v) is 5.84. The zero-order chi connectivity index (χ0) is 18.9. The van der Waals surface area contributed by atoms with Gasteiger partial charge in [-0.2, -0.15) is 8.42 Å². The lowest BCUT2D eigenvalue weighted by molar-refractivity contribution is -0.113. The van der Waals surface area contributed by atoms with Crippen LogP contribution in [-0.2, 0) is 14.8 Å². The Morgan fingerprint density at radius 3 is 2.42 bits per heavy atom. The number of nitrogens with zero attached hydrogens (tertiary/aromatic N) is 3. The van der Waals surface area contributed by atoms with Crippen LogP contribution in [-0.4, -0.2) is 38.5 Å². The summed E-state index contributed by atoms with van der Waals surface area (Å²) in [6.45, 7) is 0. The van der Waals surface area contributed by atoms with Crippen LogP contribution in [0.25, 0.3) is 0 Å². The number of carbonyl (C=O) groups excluding carboxylic acids is 1. The van der Waals surface area contributed by atoms with E-state index in [-0.39, 0.29) is 15.3 Å². The summed E-state index contributed by atoms with van der Waals surface area (Å²) in [5.74, 6) is -0.326. The molecule has 0 bridgehead atoms. The molecule has 0 spiro atoms. The number of thiophene rings is 1. The lowest BCUT2D eigenvalue weighted by Gasteiger charge is -2.15. The molecule has 0 aliphatic carbocycles. The van der Waals surface area contributed by atoms with Crippen molar-refractivity contribution in [3.63, 3.8) is 0 Å². The molecule has 1 amide bonds. The van der Waals surface area contributed by atoms with E-state index < -0.39 is 10.0 Å². The highest BCUT2D eigenvalue weighted by atomic mass is 35.5. The van der Waals surface area contributed by atoms with Crippen molar-refractivity contribution in [1.29, 1.82) is 0 Å². The number of sulfonamides is 1. The molecule has 136 valence electrons. The molecular weight excluding hydrogens is 414 g/mol. The SMILES string of the molecule is CN(C)/C=C1/SC(=NS(=O)(=O)c2ccc(Cl)s2)N(c2ccccc2)C1=O. The second kappa shape index (κ2) is 7.43. The molecule has 0 N–H and O–H groups in total. The van der Waals surface area contributed by atoms with Crippen LogP contribution in [0.5, 0.6) is 0 Å². The van der Waals surface area contributed by atoms with Crippen molar-refractivity contribution < 1.29 is 13.2 Å². The minimum atomic E-state index is -3.97. The lowest BCUT2D eigenvalue weighted by atomic mass is 10.3. The smallest absolute Gasteiger partial charge is 0.294 e. The number of amides is 1. The summed E-state index contributed by atoms with van der Waals surface area (Å²) in [5, 5.41) is 0.0822. The molecule has 2 heterocycles. The van der Waals surface area contributed by atoms with E-state index in [1.807, 2.05) is 6.07 Å². The maximum Gasteiger partial charge on any atom is 0.294 e. The largest absolute Gasteiger partial charge is 0.382 e. The van der Waals surface area contributed by atoms with E-state index in [0.29, 0.717) is 14.9 Å². The third kappa shape index (κ3) is 3.96. The van der Waals surface area contributed by atoms with Gasteiger partial charge in [-0.05, 0) is 36.0 Å². The molecule has 1 aliphatic heterocycles. The van der Waals surface area contributed by atoms with Gasteiger partial charge in [0.1, 0.15) is 4.21 Å². The van der Waals surface area contributed by atoms with Crippen molar-refractivity contribution in [2.45, 2.75) is 4.21 Å². The van der Waals surface area contributed by atoms with Crippen molar-refractivity contribution in [3.8, 4) is 0 Å². The molecule has 10 heteroatoms. The van der Waals surface area contributed by atoms with Gasteiger partial charge in [-0.1, -0.05) is 29.8 Å². The number of hydrogen-bond acceptors (Lipinski definition) is 6. The van der Waals surface area contributed by atoms with E-state index in [0.717, 1.165) is 23.1 Å². The van der Waals surface area contributed by atoms with Gasteiger partial charge in [0, 0.05) is 20.3 Å². The van der Waals surface area contributed by atoms with Crippen LogP contribution in [0.3, 0.4) is 0 Å². The van der Waals surface area contributed by atoms with Gasteiger partial charge < -0.3 is 4.90 Å². The zero-order valence-electron chi connectivity index (χ0n) is 13.8. The summed E-state index contributed by atoms with van der Waals surface area (Å²) >= 11 is 7.77. The van der Waals surface area contributed by atoms with Gasteiger partial charge in [-0.3, -0.25) is 9.69 Å². The molecule has 6 nitrogen and oxygen atoms in total. The third-order valence-electron chi connectivity index (χ3n) is 3.20. The number of carbonyl (C=O) groups is 1. The fourth-order valence-electron chi connectivity index (χ4n) is 2.15. The lowest BCUT2D eigenvalue weighted by Crippen LogP contribution is -2.29. The number of thioether (sulfide) groups is 1. The van der Waals surface area contributed by atoms with E-state index in [9.17, 15) is 13.2 Å². The molecule has 0 unspecified atom stereocenters. The molecule has 1 fully saturated rings. The number of amidine groups is 1. The minimum Gasteiger partial charge on any atom is -0.382 e. The average Bonchev–Trinajstić information content (AvgIpc) is 3.12. The third-order valence-corrected chi connectivity index (χ3v) is 7.23. The first kappa shape index (κ1) is 19.0. The Labute approximate surface area is 164 Å². The summed E-state index contributed by atoms with van der Waals surface area (Å²) in [6, 6.07) is 11.7. The van der Waals surface area contributed by atoms with Gasteiger partial charge in [0.05, 0.1) is 14.9 Å². The molecule has 1 saturated heterocycles. The topological polar surface area (TPSA) is 70.1 Å². The second-order valence-electron chi connectivity index (χ2n) is 5.44. The predicted molar refractivity (Wildman–Crippen MR) is 107 cm³/mol. The maximum absolute atomic E-state index is 12.8. The summed E-state index contributed by atoms with van der Waals surface area (Å²) in [6.07, 6.45) is 1.64.